The second-order valence-electron chi connectivity index (χ2n) is 8.52. The quantitative estimate of drug-likeness (QED) is 0.640. The summed E-state index contributed by atoms with van der Waals surface area (Å²) in [5, 5.41) is 3.78. The molecule has 0 bridgehead atoms. The fourth-order valence-corrected chi connectivity index (χ4v) is 4.72. The average Bonchev–Trinajstić information content (AvgIpc) is 2.78. The van der Waals surface area contributed by atoms with Crippen LogP contribution in [0.4, 0.5) is 0 Å². The summed E-state index contributed by atoms with van der Waals surface area (Å²) in [5.41, 5.74) is 8.55. The molecular formula is C25H32ClN3O2. The molecule has 1 aliphatic carbocycles. The van der Waals surface area contributed by atoms with Gasteiger partial charge in [-0.25, -0.2) is 0 Å². The Hall–Kier alpha value is -2.37. The fraction of sp³-hybridized carbons (Fsp3) is 0.440. The number of hydrogen-bond donors (Lipinski definition) is 2. The zero-order chi connectivity index (χ0) is 22.4. The number of primary amides is 1. The van der Waals surface area contributed by atoms with Crippen LogP contribution in [0.15, 0.2) is 48.5 Å². The first kappa shape index (κ1) is 23.3. The van der Waals surface area contributed by atoms with E-state index in [2.05, 4.69) is 29.6 Å². The van der Waals surface area contributed by atoms with Gasteiger partial charge in [0, 0.05) is 42.6 Å². The number of halogens is 1. The van der Waals surface area contributed by atoms with Crippen LogP contribution in [0.5, 0.6) is 0 Å². The Labute approximate surface area is 190 Å². The highest BCUT2D eigenvalue weighted by Gasteiger charge is 2.28. The molecule has 3 rings (SSSR count). The maximum Gasteiger partial charge on any atom is 0.253 e. The van der Waals surface area contributed by atoms with Crippen LogP contribution >= 0.6 is 11.6 Å². The van der Waals surface area contributed by atoms with Crippen LogP contribution in [-0.4, -0.2) is 43.4 Å². The predicted molar refractivity (Wildman–Crippen MR) is 125 cm³/mol. The molecule has 0 spiro atoms. The Morgan fingerprint density at radius 2 is 1.68 bits per heavy atom. The number of carbonyl (C=O) groups excluding carboxylic acids is 2. The third kappa shape index (κ3) is 6.08. The number of carbonyl (C=O) groups is 2. The predicted octanol–water partition coefficient (Wildman–Crippen LogP) is 4.32. The third-order valence-corrected chi connectivity index (χ3v) is 6.69. The molecule has 0 saturated heterocycles. The lowest BCUT2D eigenvalue weighted by atomic mass is 9.80. The molecule has 0 radical (unpaired) electrons. The van der Waals surface area contributed by atoms with Gasteiger partial charge in [0.1, 0.15) is 0 Å². The van der Waals surface area contributed by atoms with Gasteiger partial charge in [0.05, 0.1) is 0 Å². The first-order valence-corrected chi connectivity index (χ1v) is 11.3. The number of likely N-dealkylation sites (N-methyl/N-ethyl adjacent to an activating group) is 1. The summed E-state index contributed by atoms with van der Waals surface area (Å²) in [6.07, 6.45) is 4.45. The van der Waals surface area contributed by atoms with Gasteiger partial charge in [-0.2, -0.15) is 0 Å². The van der Waals surface area contributed by atoms with E-state index in [0.717, 1.165) is 37.8 Å². The van der Waals surface area contributed by atoms with Crippen LogP contribution in [0, 0.1) is 0 Å². The second-order valence-corrected chi connectivity index (χ2v) is 8.96. The molecule has 1 unspecified atom stereocenters. The van der Waals surface area contributed by atoms with E-state index < -0.39 is 0 Å². The van der Waals surface area contributed by atoms with Crippen molar-refractivity contribution in [2.45, 2.75) is 50.0 Å². The van der Waals surface area contributed by atoms with Crippen LogP contribution in [0.1, 0.15) is 65.4 Å². The van der Waals surface area contributed by atoms with Gasteiger partial charge >= 0.3 is 0 Å². The second kappa shape index (κ2) is 10.8. The first-order chi connectivity index (χ1) is 14.9. The van der Waals surface area contributed by atoms with E-state index in [0.29, 0.717) is 22.9 Å². The Morgan fingerprint density at radius 3 is 2.23 bits per heavy atom. The minimum atomic E-state index is -0.278. The highest BCUT2D eigenvalue weighted by molar-refractivity contribution is 6.30. The molecule has 2 aromatic carbocycles. The van der Waals surface area contributed by atoms with E-state index in [4.69, 9.17) is 17.3 Å². The number of benzene rings is 2. The van der Waals surface area contributed by atoms with E-state index in [1.807, 2.05) is 19.0 Å². The van der Waals surface area contributed by atoms with Crippen LogP contribution < -0.4 is 11.1 Å². The van der Waals surface area contributed by atoms with Crippen LogP contribution in [0.2, 0.25) is 5.02 Å². The average molecular weight is 442 g/mol. The summed E-state index contributed by atoms with van der Waals surface area (Å²) >= 11 is 5.94. The van der Waals surface area contributed by atoms with Crippen molar-refractivity contribution >= 4 is 23.4 Å². The van der Waals surface area contributed by atoms with Gasteiger partial charge in [0.25, 0.3) is 5.91 Å². The molecule has 1 fully saturated rings. The number of rotatable bonds is 8. The monoisotopic (exact) mass is 441 g/mol. The van der Waals surface area contributed by atoms with Crippen molar-refractivity contribution in [1.29, 1.82) is 0 Å². The minimum absolute atomic E-state index is 0.0505. The molecule has 6 heteroatoms. The summed E-state index contributed by atoms with van der Waals surface area (Å²) < 4.78 is 0. The molecule has 1 aliphatic rings. The molecule has 2 amide bonds. The molecule has 1 saturated carbocycles. The summed E-state index contributed by atoms with van der Waals surface area (Å²) in [6.45, 7) is 0.724. The molecule has 3 N–H and O–H groups in total. The number of nitrogens with two attached hydrogens (primary N) is 1. The highest BCUT2D eigenvalue weighted by Crippen LogP contribution is 2.35. The van der Waals surface area contributed by atoms with Gasteiger partial charge in [0.15, 0.2) is 0 Å². The zero-order valence-electron chi connectivity index (χ0n) is 18.3. The van der Waals surface area contributed by atoms with Gasteiger partial charge in [-0.15, -0.1) is 0 Å². The van der Waals surface area contributed by atoms with Crippen molar-refractivity contribution in [3.8, 4) is 0 Å². The summed E-state index contributed by atoms with van der Waals surface area (Å²) in [6, 6.07) is 16.0. The Kier molecular flexibility index (Phi) is 8.10. The maximum atomic E-state index is 12.8. The van der Waals surface area contributed by atoms with E-state index >= 15 is 0 Å². The topological polar surface area (TPSA) is 75.4 Å². The zero-order valence-corrected chi connectivity index (χ0v) is 19.1. The van der Waals surface area contributed by atoms with Gasteiger partial charge in [-0.3, -0.25) is 9.59 Å². The smallest absolute Gasteiger partial charge is 0.253 e. The molecule has 1 atom stereocenters. The van der Waals surface area contributed by atoms with Gasteiger partial charge < -0.3 is 16.0 Å². The molecule has 2 aromatic rings. The molecular weight excluding hydrogens is 410 g/mol. The molecule has 5 nitrogen and oxygen atoms in total. The van der Waals surface area contributed by atoms with Crippen molar-refractivity contribution in [2.75, 3.05) is 20.6 Å². The van der Waals surface area contributed by atoms with E-state index in [1.54, 1.807) is 24.3 Å². The van der Waals surface area contributed by atoms with Crippen molar-refractivity contribution in [2.24, 2.45) is 5.73 Å². The Bertz CT molecular complexity index is 875. The fourth-order valence-electron chi connectivity index (χ4n) is 4.60. The van der Waals surface area contributed by atoms with Gasteiger partial charge in [0.2, 0.25) is 5.91 Å². The van der Waals surface area contributed by atoms with Crippen molar-refractivity contribution in [3.63, 3.8) is 0 Å². The third-order valence-electron chi connectivity index (χ3n) is 6.43. The van der Waals surface area contributed by atoms with Crippen molar-refractivity contribution < 1.29 is 9.59 Å². The summed E-state index contributed by atoms with van der Waals surface area (Å²) in [5.74, 6) is 0.373. The van der Waals surface area contributed by atoms with E-state index in [-0.39, 0.29) is 23.8 Å². The number of nitrogens with one attached hydrogen (secondary N) is 1. The highest BCUT2D eigenvalue weighted by atomic mass is 35.5. The Balaban J connectivity index is 1.58. The maximum absolute atomic E-state index is 12.8. The number of nitrogens with zero attached hydrogens (tertiary/aromatic N) is 1. The molecule has 0 aromatic heterocycles. The minimum Gasteiger partial charge on any atom is -0.370 e. The van der Waals surface area contributed by atoms with Crippen LogP contribution in [0.25, 0.3) is 0 Å². The number of hydrogen-bond acceptors (Lipinski definition) is 3. The molecule has 31 heavy (non-hydrogen) atoms. The normalized spacial score (nSPS) is 19.6. The standard InChI is InChI=1S/C25H32ClN3O2/c1-28-16-21(15-24(27)30)19-5-3-17(4-6-19)18-9-13-23(14-10-18)29(2)25(31)20-7-11-22(26)12-8-20/h3-8,11-12,18,21,23,28H,9-10,13-16H2,1-2H3,(H2,27,30). The summed E-state index contributed by atoms with van der Waals surface area (Å²) in [4.78, 5) is 26.0. The lowest BCUT2D eigenvalue weighted by molar-refractivity contribution is -0.118. The van der Waals surface area contributed by atoms with Crippen LogP contribution in [-0.2, 0) is 4.79 Å². The van der Waals surface area contributed by atoms with Crippen LogP contribution in [0.3, 0.4) is 0 Å². The molecule has 166 valence electrons. The Morgan fingerprint density at radius 1 is 1.06 bits per heavy atom. The number of amides is 2. The van der Waals surface area contributed by atoms with Gasteiger partial charge in [-0.1, -0.05) is 35.9 Å². The van der Waals surface area contributed by atoms with Crippen molar-refractivity contribution in [1.82, 2.24) is 10.2 Å². The SMILES string of the molecule is CNCC(CC(N)=O)c1ccc(C2CCC(N(C)C(=O)c3ccc(Cl)cc3)CC2)cc1. The van der Waals surface area contributed by atoms with Gasteiger partial charge in [-0.05, 0) is 74.0 Å². The largest absolute Gasteiger partial charge is 0.370 e. The van der Waals surface area contributed by atoms with E-state index in [1.165, 1.54) is 5.56 Å². The van der Waals surface area contributed by atoms with Crippen molar-refractivity contribution in [3.05, 3.63) is 70.2 Å². The molecule has 0 aliphatic heterocycles. The lowest BCUT2D eigenvalue weighted by Crippen LogP contribution is -2.39. The molecule has 0 heterocycles. The van der Waals surface area contributed by atoms with E-state index in [9.17, 15) is 9.59 Å². The lowest BCUT2D eigenvalue weighted by Gasteiger charge is -2.35. The summed E-state index contributed by atoms with van der Waals surface area (Å²) in [7, 11) is 3.78. The first-order valence-electron chi connectivity index (χ1n) is 10.9.